The van der Waals surface area contributed by atoms with Gasteiger partial charge in [-0.25, -0.2) is 0 Å². The molecule has 0 saturated carbocycles. The molecular formula is C16H11NO. The number of allylic oxidation sites excluding steroid dienone is 1. The van der Waals surface area contributed by atoms with Gasteiger partial charge >= 0.3 is 0 Å². The molecule has 4 rings (SSSR count). The van der Waals surface area contributed by atoms with E-state index in [1.54, 1.807) is 0 Å². The molecule has 0 atom stereocenters. The first-order valence-corrected chi connectivity index (χ1v) is 6.03. The van der Waals surface area contributed by atoms with Crippen molar-refractivity contribution in [3.8, 4) is 11.5 Å². The van der Waals surface area contributed by atoms with E-state index >= 15 is 0 Å². The lowest BCUT2D eigenvalue weighted by Gasteiger charge is -2.09. The molecule has 2 heteroatoms. The van der Waals surface area contributed by atoms with Gasteiger partial charge in [0.15, 0.2) is 0 Å². The molecule has 86 valence electrons. The van der Waals surface area contributed by atoms with Crippen LogP contribution >= 0.6 is 0 Å². The smallest absolute Gasteiger partial charge is 0.135 e. The maximum atomic E-state index is 6.04. The van der Waals surface area contributed by atoms with Crippen molar-refractivity contribution < 1.29 is 4.74 Å². The minimum absolute atomic E-state index is 0.740. The minimum Gasteiger partial charge on any atom is -0.456 e. The molecule has 0 amide bonds. The highest BCUT2D eigenvalue weighted by Crippen LogP contribution is 2.42. The monoisotopic (exact) mass is 233 g/mol. The zero-order chi connectivity index (χ0) is 11.9. The van der Waals surface area contributed by atoms with E-state index in [2.05, 4.69) is 17.1 Å². The highest BCUT2D eigenvalue weighted by Gasteiger charge is 2.23. The van der Waals surface area contributed by atoms with Crippen molar-refractivity contribution in [2.75, 3.05) is 6.54 Å². The van der Waals surface area contributed by atoms with Crippen LogP contribution in [0.3, 0.4) is 0 Å². The van der Waals surface area contributed by atoms with E-state index in [4.69, 9.17) is 4.74 Å². The minimum atomic E-state index is 0.740. The summed E-state index contributed by atoms with van der Waals surface area (Å²) in [6.07, 6.45) is 1.96. The Labute approximate surface area is 105 Å². The van der Waals surface area contributed by atoms with Crippen LogP contribution in [0.15, 0.2) is 53.5 Å². The maximum absolute atomic E-state index is 6.04. The molecule has 2 aliphatic rings. The van der Waals surface area contributed by atoms with Gasteiger partial charge in [-0.3, -0.25) is 4.99 Å². The number of rotatable bonds is 0. The van der Waals surface area contributed by atoms with Crippen LogP contribution in [-0.2, 0) is 0 Å². The first-order valence-electron chi connectivity index (χ1n) is 6.03. The predicted molar refractivity (Wildman–Crippen MR) is 73.1 cm³/mol. The van der Waals surface area contributed by atoms with Gasteiger partial charge in [-0.2, -0.15) is 0 Å². The van der Waals surface area contributed by atoms with Gasteiger partial charge < -0.3 is 4.74 Å². The summed E-state index contributed by atoms with van der Waals surface area (Å²) in [6.45, 7) is 0.740. The standard InChI is InChI=1S/C16H11NO/c1-3-7-15-11(5-1)13-9-17-10-14(13)12-6-2-4-8-16(12)18-15/h1-9H,10H2. The fourth-order valence-electron chi connectivity index (χ4n) is 2.56. The number of benzene rings is 2. The molecule has 18 heavy (non-hydrogen) atoms. The van der Waals surface area contributed by atoms with Crippen molar-refractivity contribution >= 4 is 17.4 Å². The predicted octanol–water partition coefficient (Wildman–Crippen LogP) is 3.79. The van der Waals surface area contributed by atoms with Gasteiger partial charge in [0.2, 0.25) is 0 Å². The van der Waals surface area contributed by atoms with Gasteiger partial charge in [-0.15, -0.1) is 0 Å². The van der Waals surface area contributed by atoms with Crippen LogP contribution < -0.4 is 4.74 Å². The van der Waals surface area contributed by atoms with E-state index in [0.717, 1.165) is 29.2 Å². The molecule has 0 fully saturated rings. The average Bonchev–Trinajstić information content (AvgIpc) is 2.84. The molecule has 0 N–H and O–H groups in total. The van der Waals surface area contributed by atoms with Gasteiger partial charge in [0.1, 0.15) is 11.5 Å². The second kappa shape index (κ2) is 3.57. The summed E-state index contributed by atoms with van der Waals surface area (Å²) in [5.41, 5.74) is 4.73. The third-order valence-corrected chi connectivity index (χ3v) is 3.40. The van der Waals surface area contributed by atoms with Crippen molar-refractivity contribution in [3.63, 3.8) is 0 Å². The quantitative estimate of drug-likeness (QED) is 0.678. The molecule has 0 saturated heterocycles. The number of aliphatic imine (C=N–C) groups is 1. The second-order valence-corrected chi connectivity index (χ2v) is 4.46. The van der Waals surface area contributed by atoms with Gasteiger partial charge in [-0.05, 0) is 17.7 Å². The topological polar surface area (TPSA) is 21.6 Å². The van der Waals surface area contributed by atoms with Crippen LogP contribution in [0.25, 0.3) is 11.1 Å². The Bertz CT molecular complexity index is 698. The molecule has 2 nitrogen and oxygen atoms in total. The largest absolute Gasteiger partial charge is 0.456 e. The number of hydrogen-bond donors (Lipinski definition) is 0. The van der Waals surface area contributed by atoms with E-state index in [-0.39, 0.29) is 0 Å². The Morgan fingerprint density at radius 3 is 2.33 bits per heavy atom. The molecule has 2 aliphatic heterocycles. The summed E-state index contributed by atoms with van der Waals surface area (Å²) in [5.74, 6) is 1.82. The molecule has 0 spiro atoms. The zero-order valence-electron chi connectivity index (χ0n) is 9.76. The molecule has 0 unspecified atom stereocenters. The van der Waals surface area contributed by atoms with Crippen molar-refractivity contribution in [2.45, 2.75) is 0 Å². The molecular weight excluding hydrogens is 222 g/mol. The Morgan fingerprint density at radius 2 is 1.50 bits per heavy atom. The van der Waals surface area contributed by atoms with Crippen LogP contribution in [0.2, 0.25) is 0 Å². The lowest BCUT2D eigenvalue weighted by atomic mass is 9.97. The number of ether oxygens (including phenoxy) is 1. The fourth-order valence-corrected chi connectivity index (χ4v) is 2.56. The van der Waals surface area contributed by atoms with Crippen molar-refractivity contribution in [1.82, 2.24) is 0 Å². The number of fused-ring (bicyclic) bond motifs is 4. The Hall–Kier alpha value is -2.35. The summed E-state index contributed by atoms with van der Waals surface area (Å²) >= 11 is 0. The lowest BCUT2D eigenvalue weighted by Crippen LogP contribution is -1.90. The highest BCUT2D eigenvalue weighted by atomic mass is 16.5. The highest BCUT2D eigenvalue weighted by molar-refractivity contribution is 6.23. The van der Waals surface area contributed by atoms with Gasteiger partial charge in [0, 0.05) is 22.9 Å². The fraction of sp³-hybridized carbons (Fsp3) is 0.0625. The van der Waals surface area contributed by atoms with Crippen molar-refractivity contribution in [1.29, 1.82) is 0 Å². The Morgan fingerprint density at radius 1 is 0.833 bits per heavy atom. The van der Waals surface area contributed by atoms with Gasteiger partial charge in [0.25, 0.3) is 0 Å². The third-order valence-electron chi connectivity index (χ3n) is 3.40. The Balaban J connectivity index is 2.07. The molecule has 0 radical (unpaired) electrons. The summed E-state index contributed by atoms with van der Waals surface area (Å²) in [6, 6.07) is 16.3. The van der Waals surface area contributed by atoms with Crippen LogP contribution in [-0.4, -0.2) is 12.8 Å². The third kappa shape index (κ3) is 1.26. The summed E-state index contributed by atoms with van der Waals surface area (Å²) in [7, 11) is 0. The zero-order valence-corrected chi connectivity index (χ0v) is 9.76. The van der Waals surface area contributed by atoms with Crippen LogP contribution in [0.5, 0.6) is 11.5 Å². The summed E-state index contributed by atoms with van der Waals surface area (Å²) in [4.78, 5) is 4.41. The van der Waals surface area contributed by atoms with Crippen LogP contribution in [0.1, 0.15) is 11.1 Å². The average molecular weight is 233 g/mol. The number of hydrogen-bond acceptors (Lipinski definition) is 2. The van der Waals surface area contributed by atoms with E-state index in [0.29, 0.717) is 0 Å². The van der Waals surface area contributed by atoms with E-state index in [9.17, 15) is 0 Å². The lowest BCUT2D eigenvalue weighted by molar-refractivity contribution is 0.481. The first kappa shape index (κ1) is 9.66. The maximum Gasteiger partial charge on any atom is 0.135 e. The van der Waals surface area contributed by atoms with Gasteiger partial charge in [0.05, 0.1) is 6.54 Å². The van der Waals surface area contributed by atoms with E-state index < -0.39 is 0 Å². The van der Waals surface area contributed by atoms with E-state index in [1.165, 1.54) is 11.1 Å². The number of nitrogens with zero attached hydrogens (tertiary/aromatic N) is 1. The SMILES string of the molecule is C1=NCC2=C1c1ccccc1Oc1ccccc12. The normalized spacial score (nSPS) is 15.6. The second-order valence-electron chi connectivity index (χ2n) is 4.46. The number of para-hydroxylation sites is 2. The molecule has 0 bridgehead atoms. The van der Waals surface area contributed by atoms with Crippen molar-refractivity contribution in [2.24, 2.45) is 4.99 Å². The van der Waals surface area contributed by atoms with Crippen molar-refractivity contribution in [3.05, 3.63) is 59.7 Å². The molecule has 2 heterocycles. The van der Waals surface area contributed by atoms with Crippen LogP contribution in [0.4, 0.5) is 0 Å². The Kier molecular flexibility index (Phi) is 1.92. The molecule has 2 aromatic rings. The van der Waals surface area contributed by atoms with E-state index in [1.807, 2.05) is 42.6 Å². The molecule has 0 aromatic heterocycles. The molecule has 2 aromatic carbocycles. The molecule has 0 aliphatic carbocycles. The summed E-state index contributed by atoms with van der Waals surface area (Å²) in [5, 5.41) is 0. The van der Waals surface area contributed by atoms with Gasteiger partial charge in [-0.1, -0.05) is 36.4 Å². The summed E-state index contributed by atoms with van der Waals surface area (Å²) < 4.78 is 6.04. The van der Waals surface area contributed by atoms with Crippen LogP contribution in [0, 0.1) is 0 Å². The first-order chi connectivity index (χ1) is 8.93.